The molecule has 3 rings (SSSR count). The van der Waals surface area contributed by atoms with Gasteiger partial charge < -0.3 is 15.0 Å². The van der Waals surface area contributed by atoms with Crippen LogP contribution in [0.5, 0.6) is 5.75 Å². The molecule has 1 N–H and O–H groups in total. The van der Waals surface area contributed by atoms with Crippen LogP contribution in [0, 0.1) is 5.92 Å². The lowest BCUT2D eigenvalue weighted by Crippen LogP contribution is -2.44. The van der Waals surface area contributed by atoms with Gasteiger partial charge in [-0.25, -0.2) is 0 Å². The van der Waals surface area contributed by atoms with Crippen molar-refractivity contribution in [2.24, 2.45) is 5.92 Å². The average molecular weight is 435 g/mol. The van der Waals surface area contributed by atoms with Gasteiger partial charge in [0, 0.05) is 32.0 Å². The number of amides is 2. The highest BCUT2D eigenvalue weighted by atomic mass is 16.5. The highest BCUT2D eigenvalue weighted by Gasteiger charge is 2.38. The van der Waals surface area contributed by atoms with Crippen molar-refractivity contribution in [3.63, 3.8) is 0 Å². The van der Waals surface area contributed by atoms with Gasteiger partial charge in [-0.1, -0.05) is 48.5 Å². The van der Waals surface area contributed by atoms with Crippen molar-refractivity contribution in [2.75, 3.05) is 27.2 Å². The number of rotatable bonds is 9. The van der Waals surface area contributed by atoms with Crippen LogP contribution in [-0.2, 0) is 10.2 Å². The number of carbonyl (C=O) groups is 2. The van der Waals surface area contributed by atoms with Crippen LogP contribution < -0.4 is 10.1 Å². The SMILES string of the molecule is C=CCN(C)C(=O)CC1CCC(CNC(=O)c2ccccc2OC)(c2ccccc2)CC1. The van der Waals surface area contributed by atoms with Crippen molar-refractivity contribution in [3.8, 4) is 5.75 Å². The van der Waals surface area contributed by atoms with Crippen LogP contribution in [0.4, 0.5) is 0 Å². The Labute approximate surface area is 191 Å². The maximum absolute atomic E-state index is 12.9. The summed E-state index contributed by atoms with van der Waals surface area (Å²) in [4.78, 5) is 27.1. The van der Waals surface area contributed by atoms with Crippen LogP contribution >= 0.6 is 0 Å². The minimum Gasteiger partial charge on any atom is -0.496 e. The Morgan fingerprint density at radius 3 is 2.44 bits per heavy atom. The molecule has 2 aromatic carbocycles. The third-order valence-corrected chi connectivity index (χ3v) is 6.68. The van der Waals surface area contributed by atoms with Gasteiger partial charge in [-0.05, 0) is 49.3 Å². The molecule has 1 fully saturated rings. The summed E-state index contributed by atoms with van der Waals surface area (Å²) in [5.74, 6) is 0.994. The van der Waals surface area contributed by atoms with Gasteiger partial charge in [0.15, 0.2) is 0 Å². The van der Waals surface area contributed by atoms with E-state index in [9.17, 15) is 9.59 Å². The molecule has 0 radical (unpaired) electrons. The molecule has 5 nitrogen and oxygen atoms in total. The quantitative estimate of drug-likeness (QED) is 0.588. The first-order valence-corrected chi connectivity index (χ1v) is 11.3. The maximum atomic E-state index is 12.9. The van der Waals surface area contributed by atoms with E-state index in [2.05, 4.69) is 36.2 Å². The first-order valence-electron chi connectivity index (χ1n) is 11.3. The maximum Gasteiger partial charge on any atom is 0.255 e. The molecular weight excluding hydrogens is 400 g/mol. The van der Waals surface area contributed by atoms with Crippen molar-refractivity contribution in [2.45, 2.75) is 37.5 Å². The third-order valence-electron chi connectivity index (χ3n) is 6.68. The summed E-state index contributed by atoms with van der Waals surface area (Å²) in [7, 11) is 3.40. The fourth-order valence-electron chi connectivity index (χ4n) is 4.67. The zero-order chi connectivity index (χ0) is 23.0. The first kappa shape index (κ1) is 23.6. The molecule has 1 aliphatic rings. The number of nitrogens with one attached hydrogen (secondary N) is 1. The first-order chi connectivity index (χ1) is 15.5. The van der Waals surface area contributed by atoms with Crippen molar-refractivity contribution in [3.05, 3.63) is 78.4 Å². The monoisotopic (exact) mass is 434 g/mol. The summed E-state index contributed by atoms with van der Waals surface area (Å²) in [5, 5.41) is 3.17. The zero-order valence-corrected chi connectivity index (χ0v) is 19.2. The fraction of sp³-hybridized carbons (Fsp3) is 0.407. The second kappa shape index (κ2) is 11.0. The van der Waals surface area contributed by atoms with Crippen LogP contribution in [0.1, 0.15) is 48.0 Å². The lowest BCUT2D eigenvalue weighted by atomic mass is 9.66. The molecule has 5 heteroatoms. The number of likely N-dealkylation sites (N-methyl/N-ethyl adjacent to an activating group) is 1. The molecule has 2 aromatic rings. The van der Waals surface area contributed by atoms with Crippen LogP contribution in [-0.4, -0.2) is 44.0 Å². The Morgan fingerprint density at radius 1 is 1.12 bits per heavy atom. The molecule has 0 spiro atoms. The standard InChI is InChI=1S/C27H34N2O3/c1-4-18-29(2)25(30)19-21-14-16-27(17-15-21,22-10-6-5-7-11-22)20-28-26(31)23-12-8-9-13-24(23)32-3/h4-13,21H,1,14-20H2,2-3H3,(H,28,31). The fourth-order valence-corrected chi connectivity index (χ4v) is 4.67. The summed E-state index contributed by atoms with van der Waals surface area (Å²) >= 11 is 0. The Morgan fingerprint density at radius 2 is 1.78 bits per heavy atom. The molecule has 2 amide bonds. The number of para-hydroxylation sites is 1. The Kier molecular flexibility index (Phi) is 8.09. The molecule has 0 saturated heterocycles. The molecule has 170 valence electrons. The van der Waals surface area contributed by atoms with E-state index in [-0.39, 0.29) is 17.2 Å². The van der Waals surface area contributed by atoms with E-state index in [1.165, 1.54) is 5.56 Å². The van der Waals surface area contributed by atoms with Gasteiger partial charge >= 0.3 is 0 Å². The number of methoxy groups -OCH3 is 1. The minimum atomic E-state index is -0.133. The van der Waals surface area contributed by atoms with E-state index in [0.29, 0.717) is 36.7 Å². The summed E-state index contributed by atoms with van der Waals surface area (Å²) in [5.41, 5.74) is 1.66. The molecular formula is C27H34N2O3. The molecule has 0 unspecified atom stereocenters. The molecule has 0 atom stereocenters. The Balaban J connectivity index is 1.70. The van der Waals surface area contributed by atoms with Crippen molar-refractivity contribution in [1.82, 2.24) is 10.2 Å². The molecule has 0 aromatic heterocycles. The summed E-state index contributed by atoms with van der Waals surface area (Å²) in [6.45, 7) is 4.85. The van der Waals surface area contributed by atoms with E-state index in [4.69, 9.17) is 4.74 Å². The number of benzene rings is 2. The van der Waals surface area contributed by atoms with Crippen LogP contribution in [0.15, 0.2) is 67.3 Å². The normalized spacial score (nSPS) is 20.2. The highest BCUT2D eigenvalue weighted by molar-refractivity contribution is 5.97. The number of ether oxygens (including phenoxy) is 1. The van der Waals surface area contributed by atoms with Crippen LogP contribution in [0.25, 0.3) is 0 Å². The van der Waals surface area contributed by atoms with E-state index < -0.39 is 0 Å². The average Bonchev–Trinajstić information content (AvgIpc) is 2.84. The van der Waals surface area contributed by atoms with Gasteiger partial charge in [0.05, 0.1) is 12.7 Å². The smallest absolute Gasteiger partial charge is 0.255 e. The van der Waals surface area contributed by atoms with Crippen LogP contribution in [0.3, 0.4) is 0 Å². The molecule has 32 heavy (non-hydrogen) atoms. The second-order valence-electron chi connectivity index (χ2n) is 8.74. The van der Waals surface area contributed by atoms with Crippen molar-refractivity contribution >= 4 is 11.8 Å². The van der Waals surface area contributed by atoms with Gasteiger partial charge in [-0.2, -0.15) is 0 Å². The van der Waals surface area contributed by atoms with Gasteiger partial charge in [-0.15, -0.1) is 6.58 Å². The van der Waals surface area contributed by atoms with Gasteiger partial charge in [-0.3, -0.25) is 9.59 Å². The molecule has 0 bridgehead atoms. The molecule has 0 aliphatic heterocycles. The van der Waals surface area contributed by atoms with Gasteiger partial charge in [0.25, 0.3) is 5.91 Å². The lowest BCUT2D eigenvalue weighted by Gasteiger charge is -2.41. The third kappa shape index (κ3) is 5.58. The highest BCUT2D eigenvalue weighted by Crippen LogP contribution is 2.42. The zero-order valence-electron chi connectivity index (χ0n) is 19.2. The molecule has 1 aliphatic carbocycles. The Hall–Kier alpha value is -3.08. The number of hydrogen-bond donors (Lipinski definition) is 1. The Bertz CT molecular complexity index is 918. The molecule has 0 heterocycles. The predicted octanol–water partition coefficient (Wildman–Crippen LogP) is 4.59. The van der Waals surface area contributed by atoms with Crippen molar-refractivity contribution in [1.29, 1.82) is 0 Å². The number of carbonyl (C=O) groups excluding carboxylic acids is 2. The summed E-state index contributed by atoms with van der Waals surface area (Å²) in [6, 6.07) is 17.7. The van der Waals surface area contributed by atoms with E-state index >= 15 is 0 Å². The number of hydrogen-bond acceptors (Lipinski definition) is 3. The van der Waals surface area contributed by atoms with Crippen LogP contribution in [0.2, 0.25) is 0 Å². The van der Waals surface area contributed by atoms with Gasteiger partial charge in [0.2, 0.25) is 5.91 Å². The van der Waals surface area contributed by atoms with Crippen molar-refractivity contribution < 1.29 is 14.3 Å². The van der Waals surface area contributed by atoms with E-state index in [1.54, 1.807) is 30.2 Å². The largest absolute Gasteiger partial charge is 0.496 e. The minimum absolute atomic E-state index is 0.124. The lowest BCUT2D eigenvalue weighted by molar-refractivity contribution is -0.130. The van der Waals surface area contributed by atoms with E-state index in [0.717, 1.165) is 25.7 Å². The summed E-state index contributed by atoms with van der Waals surface area (Å²) in [6.07, 6.45) is 6.13. The predicted molar refractivity (Wildman–Crippen MR) is 128 cm³/mol. The topological polar surface area (TPSA) is 58.6 Å². The summed E-state index contributed by atoms with van der Waals surface area (Å²) < 4.78 is 5.35. The number of nitrogens with zero attached hydrogens (tertiary/aromatic N) is 1. The van der Waals surface area contributed by atoms with E-state index in [1.807, 2.05) is 25.2 Å². The second-order valence-corrected chi connectivity index (χ2v) is 8.74. The molecule has 1 saturated carbocycles. The van der Waals surface area contributed by atoms with Gasteiger partial charge in [0.1, 0.15) is 5.75 Å².